The first-order valence-corrected chi connectivity index (χ1v) is 20.9. The number of hydrogen-bond acceptors (Lipinski definition) is 21. The number of carbonyl (C=O) groups excluding carboxylic acids is 3. The Morgan fingerprint density at radius 2 is 0.870 bits per heavy atom. The summed E-state index contributed by atoms with van der Waals surface area (Å²) < 4.78 is 54.6. The molecule has 0 saturated heterocycles. The number of esters is 3. The normalized spacial score (nSPS) is 10.8. The first kappa shape index (κ1) is 48.2. The van der Waals surface area contributed by atoms with Crippen LogP contribution in [0.4, 0.5) is 0 Å². The Hall–Kier alpha value is -8.79. The Morgan fingerprint density at radius 1 is 0.478 bits per heavy atom. The molecular formula is C48H42N6O15. The Balaban J connectivity index is 1.06. The molecule has 0 spiro atoms. The highest BCUT2D eigenvalue weighted by molar-refractivity contribution is 5.81. The fourth-order valence-electron chi connectivity index (χ4n) is 5.84. The molecule has 0 bridgehead atoms. The van der Waals surface area contributed by atoms with E-state index in [1.165, 1.54) is 0 Å². The summed E-state index contributed by atoms with van der Waals surface area (Å²) in [5.74, 6) is 1.12. The van der Waals surface area contributed by atoms with E-state index in [2.05, 4.69) is 55.1 Å². The molecule has 0 aliphatic carbocycles. The molecular weight excluding hydrogens is 901 g/mol. The lowest BCUT2D eigenvalue weighted by Gasteiger charge is -2.07. The van der Waals surface area contributed by atoms with Crippen LogP contribution in [0.1, 0.15) is 12.8 Å². The molecule has 21 heteroatoms. The lowest BCUT2D eigenvalue weighted by atomic mass is 10.1. The van der Waals surface area contributed by atoms with Gasteiger partial charge in [-0.3, -0.25) is 0 Å². The van der Waals surface area contributed by atoms with E-state index >= 15 is 0 Å². The van der Waals surface area contributed by atoms with Crippen molar-refractivity contribution < 1.29 is 70.6 Å². The van der Waals surface area contributed by atoms with Gasteiger partial charge in [-0.2, -0.15) is 4.89 Å². The molecule has 0 amide bonds. The number of ether oxygens (including phenoxy) is 7. The predicted octanol–water partition coefficient (Wildman–Crippen LogP) is 7.78. The second-order valence-electron chi connectivity index (χ2n) is 13.9. The van der Waals surface area contributed by atoms with E-state index in [0.29, 0.717) is 76.7 Å². The largest absolute Gasteiger partial charge is 0.493 e. The second kappa shape index (κ2) is 24.7. The molecule has 0 aliphatic rings. The highest BCUT2D eigenvalue weighted by Crippen LogP contribution is 2.35. The van der Waals surface area contributed by atoms with E-state index in [9.17, 15) is 14.4 Å². The summed E-state index contributed by atoms with van der Waals surface area (Å²) in [4.78, 5) is 44.1. The van der Waals surface area contributed by atoms with Gasteiger partial charge in [-0.15, -0.1) is 30.6 Å². The van der Waals surface area contributed by atoms with Gasteiger partial charge in [0.15, 0.2) is 19.3 Å². The van der Waals surface area contributed by atoms with Crippen molar-refractivity contribution in [1.82, 2.24) is 30.6 Å². The van der Waals surface area contributed by atoms with Crippen LogP contribution in [-0.2, 0) is 43.0 Å². The maximum atomic E-state index is 11.3. The lowest BCUT2D eigenvalue weighted by molar-refractivity contribution is -0.280. The van der Waals surface area contributed by atoms with Crippen LogP contribution in [-0.4, -0.2) is 95.1 Å². The molecule has 0 radical (unpaired) electrons. The van der Waals surface area contributed by atoms with Gasteiger partial charge in [0.25, 0.3) is 0 Å². The summed E-state index contributed by atoms with van der Waals surface area (Å²) in [5, 5.41) is 25.9. The molecule has 354 valence electrons. The summed E-state index contributed by atoms with van der Waals surface area (Å²) in [6, 6.07) is 26.0. The van der Waals surface area contributed by atoms with Crippen LogP contribution in [0.25, 0.3) is 68.7 Å². The van der Waals surface area contributed by atoms with E-state index in [1.807, 2.05) is 0 Å². The maximum absolute atomic E-state index is 11.3. The third-order valence-electron chi connectivity index (χ3n) is 9.08. The number of nitrogens with zero attached hydrogens (tertiary/aromatic N) is 6. The maximum Gasteiger partial charge on any atom is 0.336 e. The molecule has 4 aromatic carbocycles. The van der Waals surface area contributed by atoms with Crippen LogP contribution in [0.2, 0.25) is 0 Å². The van der Waals surface area contributed by atoms with Crippen molar-refractivity contribution in [1.29, 1.82) is 0 Å². The number of hydrogen-bond donors (Lipinski definition) is 0. The van der Waals surface area contributed by atoms with Gasteiger partial charge in [0.2, 0.25) is 35.3 Å². The van der Waals surface area contributed by atoms with Crippen molar-refractivity contribution in [2.24, 2.45) is 0 Å². The first-order chi connectivity index (χ1) is 33.8. The average Bonchev–Trinajstić information content (AvgIpc) is 4.20. The minimum Gasteiger partial charge on any atom is -0.493 e. The van der Waals surface area contributed by atoms with Crippen molar-refractivity contribution >= 4 is 17.9 Å². The molecule has 0 fully saturated rings. The van der Waals surface area contributed by atoms with Crippen LogP contribution in [0.3, 0.4) is 0 Å². The van der Waals surface area contributed by atoms with Gasteiger partial charge in [-0.1, -0.05) is 19.7 Å². The Morgan fingerprint density at radius 3 is 1.26 bits per heavy atom. The van der Waals surface area contributed by atoms with Gasteiger partial charge < -0.3 is 51.3 Å². The van der Waals surface area contributed by atoms with E-state index in [1.54, 1.807) is 91.0 Å². The van der Waals surface area contributed by atoms with Gasteiger partial charge >= 0.3 is 17.9 Å². The molecule has 0 N–H and O–H groups in total. The molecule has 7 rings (SSSR count). The molecule has 21 nitrogen and oxygen atoms in total. The van der Waals surface area contributed by atoms with Crippen LogP contribution in [0.5, 0.6) is 17.2 Å². The van der Waals surface area contributed by atoms with Crippen molar-refractivity contribution in [2.75, 3.05) is 46.6 Å². The van der Waals surface area contributed by atoms with Crippen LogP contribution in [0, 0.1) is 0 Å². The summed E-state index contributed by atoms with van der Waals surface area (Å²) in [7, 11) is 0. The van der Waals surface area contributed by atoms with E-state index in [0.717, 1.165) is 18.4 Å². The molecule has 0 aliphatic heterocycles. The Kier molecular flexibility index (Phi) is 17.2. The van der Waals surface area contributed by atoms with Gasteiger partial charge in [-0.05, 0) is 91.0 Å². The van der Waals surface area contributed by atoms with E-state index in [-0.39, 0.29) is 68.8 Å². The monoisotopic (exact) mass is 942 g/mol. The minimum atomic E-state index is -0.618. The van der Waals surface area contributed by atoms with Crippen LogP contribution < -0.4 is 14.4 Å². The van der Waals surface area contributed by atoms with Gasteiger partial charge in [-0.25, -0.2) is 14.4 Å². The molecule has 0 atom stereocenters. The number of carbonyl (C=O) groups is 3. The third kappa shape index (κ3) is 14.1. The number of benzene rings is 4. The lowest BCUT2D eigenvalue weighted by Crippen LogP contribution is -2.13. The van der Waals surface area contributed by atoms with Gasteiger partial charge in [0.05, 0.1) is 32.7 Å². The van der Waals surface area contributed by atoms with Crippen molar-refractivity contribution in [3.05, 3.63) is 129 Å². The molecule has 3 heterocycles. The second-order valence-corrected chi connectivity index (χ2v) is 13.9. The fraction of sp³-hybridized carbons (Fsp3) is 0.188. The highest BCUT2D eigenvalue weighted by atomic mass is 17.2. The SMILES string of the molecule is C=COC(=O)COCOCOOc1ccc(-c2nnc(-c3cc(-c4nnc(-c5ccc(OCCCOC(=O)C=C)cc5)o4)cc(-c4nnc(-c5ccc(OCCCOC(=O)C=C)cc5)o4)c3)o2)cc1. The topological polar surface area (TPSA) is 251 Å². The number of rotatable bonds is 27. The van der Waals surface area contributed by atoms with Crippen molar-refractivity contribution in [2.45, 2.75) is 12.8 Å². The Labute approximate surface area is 392 Å². The summed E-state index contributed by atoms with van der Waals surface area (Å²) in [5.41, 5.74) is 3.27. The summed E-state index contributed by atoms with van der Waals surface area (Å²) in [6.07, 6.45) is 4.22. The van der Waals surface area contributed by atoms with Crippen LogP contribution in [0.15, 0.2) is 142 Å². The van der Waals surface area contributed by atoms with Gasteiger partial charge in [0, 0.05) is 58.4 Å². The first-order valence-electron chi connectivity index (χ1n) is 20.9. The minimum absolute atomic E-state index is 0.150. The zero-order chi connectivity index (χ0) is 48.2. The van der Waals surface area contributed by atoms with Crippen molar-refractivity contribution in [3.63, 3.8) is 0 Å². The van der Waals surface area contributed by atoms with E-state index < -0.39 is 17.9 Å². The zero-order valence-corrected chi connectivity index (χ0v) is 36.7. The van der Waals surface area contributed by atoms with E-state index in [4.69, 9.17) is 51.4 Å². The number of aromatic nitrogens is 6. The molecule has 7 aromatic rings. The average molecular weight is 943 g/mol. The molecule has 3 aromatic heterocycles. The molecule has 0 saturated carbocycles. The van der Waals surface area contributed by atoms with Crippen LogP contribution >= 0.6 is 0 Å². The molecule has 69 heavy (non-hydrogen) atoms. The Bertz CT molecular complexity index is 2690. The molecule has 0 unspecified atom stereocenters. The van der Waals surface area contributed by atoms with Crippen molar-refractivity contribution in [3.8, 4) is 86.0 Å². The predicted molar refractivity (Wildman–Crippen MR) is 240 cm³/mol. The quantitative estimate of drug-likeness (QED) is 0.00697. The summed E-state index contributed by atoms with van der Waals surface area (Å²) >= 11 is 0. The fourth-order valence-corrected chi connectivity index (χ4v) is 5.84. The standard InChI is InChI=1S/C48H42N6O15/c1-4-40(55)63-23-7-21-61-37-15-9-31(10-16-37)43-49-52-46(66-43)34-25-35(47-53-50-44(67-47)32-11-17-38(18-12-32)62-22-8-24-64-41(56)5-2)27-36(26-34)48-54-51-45(68-48)33-13-19-39(20-14-33)69-65-30-59-29-58-28-42(57)60-6-3/h4-6,9-20,25-27H,1-3,7-8,21-24,28-30H2. The third-order valence-corrected chi connectivity index (χ3v) is 9.08. The van der Waals surface area contributed by atoms with Gasteiger partial charge in [0.1, 0.15) is 18.1 Å². The smallest absolute Gasteiger partial charge is 0.336 e. The highest BCUT2D eigenvalue weighted by Gasteiger charge is 2.20. The summed E-state index contributed by atoms with van der Waals surface area (Å²) in [6.45, 7) is 10.3. The zero-order valence-electron chi connectivity index (χ0n) is 36.7.